The zero-order valence-corrected chi connectivity index (χ0v) is 17.6. The van der Waals surface area contributed by atoms with Gasteiger partial charge in [0.2, 0.25) is 0 Å². The lowest BCUT2D eigenvalue weighted by atomic mass is 9.93. The van der Waals surface area contributed by atoms with Crippen LogP contribution in [-0.2, 0) is 10.9 Å². The molecule has 31 heavy (non-hydrogen) atoms. The minimum Gasteiger partial charge on any atom is -0.490 e. The van der Waals surface area contributed by atoms with Crippen LogP contribution in [0.4, 0.5) is 13.2 Å². The Balaban J connectivity index is 0.00000272. The molecule has 3 aromatic carbocycles. The Hall–Kier alpha value is -2.77. The SMILES string of the molecule is COCCOc1c(C2=NCCN2)cc2ccccc2c1-c1ccc(C(F)(F)F)cc1.Cl. The summed E-state index contributed by atoms with van der Waals surface area (Å²) in [7, 11) is 1.59. The summed E-state index contributed by atoms with van der Waals surface area (Å²) < 4.78 is 50.4. The molecule has 0 radical (unpaired) electrons. The number of benzene rings is 3. The Morgan fingerprint density at radius 1 is 1.03 bits per heavy atom. The first-order valence-electron chi connectivity index (χ1n) is 9.63. The van der Waals surface area contributed by atoms with E-state index in [1.54, 1.807) is 7.11 Å². The fraction of sp³-hybridized carbons (Fsp3) is 0.261. The maximum Gasteiger partial charge on any atom is 0.416 e. The summed E-state index contributed by atoms with van der Waals surface area (Å²) in [5.74, 6) is 1.31. The van der Waals surface area contributed by atoms with E-state index >= 15 is 0 Å². The molecule has 0 aromatic heterocycles. The van der Waals surface area contributed by atoms with Gasteiger partial charge in [-0.2, -0.15) is 13.2 Å². The third-order valence-electron chi connectivity index (χ3n) is 4.97. The number of methoxy groups -OCH3 is 1. The zero-order chi connectivity index (χ0) is 21.1. The smallest absolute Gasteiger partial charge is 0.416 e. The van der Waals surface area contributed by atoms with E-state index in [0.717, 1.165) is 46.4 Å². The fourth-order valence-electron chi connectivity index (χ4n) is 3.57. The predicted octanol–water partition coefficient (Wildman–Crippen LogP) is 5.32. The van der Waals surface area contributed by atoms with Gasteiger partial charge in [0.05, 0.1) is 24.3 Å². The van der Waals surface area contributed by atoms with Crippen LogP contribution in [0.25, 0.3) is 21.9 Å². The monoisotopic (exact) mass is 450 g/mol. The third-order valence-corrected chi connectivity index (χ3v) is 4.97. The minimum absolute atomic E-state index is 0. The van der Waals surface area contributed by atoms with Gasteiger partial charge in [-0.25, -0.2) is 0 Å². The standard InChI is InChI=1S/C23H21F3N2O2.ClH/c1-29-12-13-30-21-19(22-27-10-11-28-22)14-16-4-2-3-5-18(16)20(21)15-6-8-17(9-7-15)23(24,25)26;/h2-9,14H,10-13H2,1H3,(H,27,28);1H. The molecule has 0 saturated carbocycles. The van der Waals surface area contributed by atoms with E-state index in [4.69, 9.17) is 9.47 Å². The van der Waals surface area contributed by atoms with E-state index in [1.165, 1.54) is 12.1 Å². The van der Waals surface area contributed by atoms with Crippen molar-refractivity contribution < 1.29 is 22.6 Å². The van der Waals surface area contributed by atoms with Crippen LogP contribution in [0, 0.1) is 0 Å². The van der Waals surface area contributed by atoms with E-state index in [9.17, 15) is 13.2 Å². The quantitative estimate of drug-likeness (QED) is 0.517. The first-order valence-corrected chi connectivity index (χ1v) is 9.63. The summed E-state index contributed by atoms with van der Waals surface area (Å²) in [5.41, 5.74) is 1.49. The summed E-state index contributed by atoms with van der Waals surface area (Å²) in [6.45, 7) is 2.09. The van der Waals surface area contributed by atoms with Crippen molar-refractivity contribution in [2.24, 2.45) is 4.99 Å². The topological polar surface area (TPSA) is 42.9 Å². The number of rotatable bonds is 6. The molecule has 0 saturated heterocycles. The Kier molecular flexibility index (Phi) is 7.08. The molecule has 1 aliphatic rings. The maximum absolute atomic E-state index is 13.1. The first-order chi connectivity index (χ1) is 14.5. The van der Waals surface area contributed by atoms with Gasteiger partial charge in [-0.1, -0.05) is 36.4 Å². The van der Waals surface area contributed by atoms with Gasteiger partial charge in [-0.15, -0.1) is 12.4 Å². The number of hydrogen-bond donors (Lipinski definition) is 1. The van der Waals surface area contributed by atoms with Crippen LogP contribution in [0.15, 0.2) is 59.6 Å². The van der Waals surface area contributed by atoms with Gasteiger partial charge in [-0.3, -0.25) is 4.99 Å². The number of amidine groups is 1. The van der Waals surface area contributed by atoms with E-state index < -0.39 is 11.7 Å². The summed E-state index contributed by atoms with van der Waals surface area (Å²) in [6.07, 6.45) is -4.39. The van der Waals surface area contributed by atoms with Gasteiger partial charge < -0.3 is 14.8 Å². The fourth-order valence-corrected chi connectivity index (χ4v) is 3.57. The molecule has 0 atom stereocenters. The molecule has 8 heteroatoms. The van der Waals surface area contributed by atoms with E-state index in [-0.39, 0.29) is 12.4 Å². The summed E-state index contributed by atoms with van der Waals surface area (Å²) >= 11 is 0. The molecule has 164 valence electrons. The molecule has 3 aromatic rings. The summed E-state index contributed by atoms with van der Waals surface area (Å²) in [5, 5.41) is 5.12. The van der Waals surface area contributed by atoms with Crippen molar-refractivity contribution in [3.63, 3.8) is 0 Å². The lowest BCUT2D eigenvalue weighted by molar-refractivity contribution is -0.137. The zero-order valence-electron chi connectivity index (χ0n) is 16.8. The number of hydrogen-bond acceptors (Lipinski definition) is 4. The Labute approximate surface area is 184 Å². The van der Waals surface area contributed by atoms with Gasteiger partial charge >= 0.3 is 6.18 Å². The molecule has 0 unspecified atom stereocenters. The molecule has 1 heterocycles. The van der Waals surface area contributed by atoms with Gasteiger partial charge in [0, 0.05) is 19.2 Å². The largest absolute Gasteiger partial charge is 0.490 e. The van der Waals surface area contributed by atoms with E-state index in [2.05, 4.69) is 10.3 Å². The minimum atomic E-state index is -4.39. The normalized spacial score (nSPS) is 13.5. The van der Waals surface area contributed by atoms with Crippen LogP contribution < -0.4 is 10.1 Å². The van der Waals surface area contributed by atoms with Crippen LogP contribution in [-0.4, -0.2) is 39.2 Å². The molecule has 0 amide bonds. The van der Waals surface area contributed by atoms with Crippen LogP contribution in [0.5, 0.6) is 5.75 Å². The molecular weight excluding hydrogens is 429 g/mol. The molecular formula is C23H22ClF3N2O2. The van der Waals surface area contributed by atoms with Crippen LogP contribution >= 0.6 is 12.4 Å². The highest BCUT2D eigenvalue weighted by atomic mass is 35.5. The van der Waals surface area contributed by atoms with Crippen molar-refractivity contribution in [2.75, 3.05) is 33.4 Å². The van der Waals surface area contributed by atoms with Crippen molar-refractivity contribution >= 4 is 29.0 Å². The second-order valence-corrected chi connectivity index (χ2v) is 6.92. The molecule has 4 nitrogen and oxygen atoms in total. The van der Waals surface area contributed by atoms with Crippen molar-refractivity contribution in [2.45, 2.75) is 6.18 Å². The average Bonchev–Trinajstić information content (AvgIpc) is 3.27. The van der Waals surface area contributed by atoms with Crippen molar-refractivity contribution in [1.29, 1.82) is 0 Å². The molecule has 1 aliphatic heterocycles. The number of nitrogens with zero attached hydrogens (tertiary/aromatic N) is 1. The van der Waals surface area contributed by atoms with Crippen LogP contribution in [0.1, 0.15) is 11.1 Å². The number of aliphatic imine (C=N–C) groups is 1. The molecule has 0 spiro atoms. The number of nitrogens with one attached hydrogen (secondary N) is 1. The molecule has 1 N–H and O–H groups in total. The van der Waals surface area contributed by atoms with Gasteiger partial charge in [0.15, 0.2) is 0 Å². The van der Waals surface area contributed by atoms with Gasteiger partial charge in [0.25, 0.3) is 0 Å². The predicted molar refractivity (Wildman–Crippen MR) is 118 cm³/mol. The first kappa shape index (κ1) is 22.9. The molecule has 0 aliphatic carbocycles. The van der Waals surface area contributed by atoms with Crippen LogP contribution in [0.3, 0.4) is 0 Å². The number of alkyl halides is 3. The Morgan fingerprint density at radius 2 is 1.77 bits per heavy atom. The third kappa shape index (κ3) is 4.78. The second kappa shape index (κ2) is 9.58. The molecule has 0 bridgehead atoms. The summed E-state index contributed by atoms with van der Waals surface area (Å²) in [4.78, 5) is 4.53. The van der Waals surface area contributed by atoms with Gasteiger partial charge in [-0.05, 0) is 34.5 Å². The summed E-state index contributed by atoms with van der Waals surface area (Å²) in [6, 6.07) is 14.9. The molecule has 0 fully saturated rings. The van der Waals surface area contributed by atoms with Crippen molar-refractivity contribution in [3.8, 4) is 16.9 Å². The number of fused-ring (bicyclic) bond motifs is 1. The van der Waals surface area contributed by atoms with Crippen molar-refractivity contribution in [1.82, 2.24) is 5.32 Å². The van der Waals surface area contributed by atoms with Crippen molar-refractivity contribution in [3.05, 3.63) is 65.7 Å². The Bertz CT molecular complexity index is 1080. The molecule has 4 rings (SSSR count). The maximum atomic E-state index is 13.1. The highest BCUT2D eigenvalue weighted by Crippen LogP contribution is 2.41. The van der Waals surface area contributed by atoms with Crippen LogP contribution in [0.2, 0.25) is 0 Å². The average molecular weight is 451 g/mol. The van der Waals surface area contributed by atoms with E-state index in [0.29, 0.717) is 31.1 Å². The lowest BCUT2D eigenvalue weighted by Gasteiger charge is -2.19. The number of ether oxygens (including phenoxy) is 2. The number of halogens is 4. The highest BCUT2D eigenvalue weighted by molar-refractivity contribution is 6.11. The second-order valence-electron chi connectivity index (χ2n) is 6.92. The van der Waals surface area contributed by atoms with E-state index in [1.807, 2.05) is 30.3 Å². The lowest BCUT2D eigenvalue weighted by Crippen LogP contribution is -2.21. The van der Waals surface area contributed by atoms with Gasteiger partial charge in [0.1, 0.15) is 18.2 Å². The highest BCUT2D eigenvalue weighted by Gasteiger charge is 2.30. The Morgan fingerprint density at radius 3 is 2.42 bits per heavy atom.